The minimum atomic E-state index is -0.745. The molecule has 6 nitrogen and oxygen atoms in total. The van der Waals surface area contributed by atoms with E-state index in [2.05, 4.69) is 0 Å². The fourth-order valence-electron chi connectivity index (χ4n) is 3.13. The molecule has 0 bridgehead atoms. The van der Waals surface area contributed by atoms with E-state index < -0.39 is 30.5 Å². The lowest BCUT2D eigenvalue weighted by molar-refractivity contribution is -0.158. The maximum atomic E-state index is 12.7. The highest BCUT2D eigenvalue weighted by atomic mass is 35.5. The maximum Gasteiger partial charge on any atom is 0.331 e. The maximum absolute atomic E-state index is 12.7. The average Bonchev–Trinajstić information content (AvgIpc) is 2.75. The molecule has 1 aliphatic rings. The Hall–Kier alpha value is -3.12. The molecule has 29 heavy (non-hydrogen) atoms. The monoisotopic (exact) mass is 413 g/mol. The van der Waals surface area contributed by atoms with Crippen molar-refractivity contribution in [2.24, 2.45) is 0 Å². The Kier molecular flexibility index (Phi) is 6.67. The number of amides is 1. The van der Waals surface area contributed by atoms with E-state index in [0.717, 1.165) is 16.7 Å². The number of nitrogens with zero attached hydrogens (tertiary/aromatic N) is 1. The summed E-state index contributed by atoms with van der Waals surface area (Å²) >= 11 is 5.82. The van der Waals surface area contributed by atoms with Gasteiger partial charge >= 0.3 is 11.9 Å². The number of benzene rings is 2. The van der Waals surface area contributed by atoms with Gasteiger partial charge in [0.15, 0.2) is 6.61 Å². The molecule has 1 amide bonds. The molecule has 0 N–H and O–H groups in total. The Balaban J connectivity index is 1.63. The first kappa shape index (κ1) is 20.6. The lowest BCUT2D eigenvalue weighted by Gasteiger charge is -2.35. The van der Waals surface area contributed by atoms with Crippen molar-refractivity contribution in [2.75, 3.05) is 13.7 Å². The Morgan fingerprint density at radius 1 is 1.10 bits per heavy atom. The van der Waals surface area contributed by atoms with E-state index in [1.807, 2.05) is 24.3 Å². The smallest absolute Gasteiger partial charge is 0.331 e. The minimum absolute atomic E-state index is 0.257. The van der Waals surface area contributed by atoms with Gasteiger partial charge < -0.3 is 14.4 Å². The van der Waals surface area contributed by atoms with E-state index in [0.29, 0.717) is 11.4 Å². The van der Waals surface area contributed by atoms with Crippen LogP contribution in [0.25, 0.3) is 6.08 Å². The van der Waals surface area contributed by atoms with E-state index in [1.165, 1.54) is 18.1 Å². The van der Waals surface area contributed by atoms with Gasteiger partial charge in [-0.25, -0.2) is 9.59 Å². The summed E-state index contributed by atoms with van der Waals surface area (Å²) in [6.07, 6.45) is 3.16. The first-order valence-electron chi connectivity index (χ1n) is 9.02. The molecule has 7 heteroatoms. The number of methoxy groups -OCH3 is 1. The number of fused-ring (bicyclic) bond motifs is 1. The molecule has 150 valence electrons. The Labute approximate surface area is 173 Å². The number of halogens is 1. The van der Waals surface area contributed by atoms with Gasteiger partial charge in [-0.3, -0.25) is 4.79 Å². The number of carbonyl (C=O) groups is 3. The Bertz CT molecular complexity index is 938. The van der Waals surface area contributed by atoms with E-state index in [1.54, 1.807) is 30.3 Å². The van der Waals surface area contributed by atoms with Crippen LogP contribution < -0.4 is 0 Å². The molecule has 1 aliphatic heterocycles. The lowest BCUT2D eigenvalue weighted by Crippen LogP contribution is -2.50. The van der Waals surface area contributed by atoms with Crippen molar-refractivity contribution in [1.82, 2.24) is 4.90 Å². The van der Waals surface area contributed by atoms with Crippen molar-refractivity contribution in [3.05, 3.63) is 76.3 Å². The summed E-state index contributed by atoms with van der Waals surface area (Å²) in [6, 6.07) is 13.8. The molecule has 0 radical (unpaired) electrons. The normalized spacial score (nSPS) is 15.7. The van der Waals surface area contributed by atoms with Crippen LogP contribution in [0, 0.1) is 0 Å². The molecular formula is C22H20ClNO5. The van der Waals surface area contributed by atoms with Crippen LogP contribution in [0.2, 0.25) is 5.02 Å². The van der Waals surface area contributed by atoms with Gasteiger partial charge in [-0.15, -0.1) is 0 Å². The zero-order valence-electron chi connectivity index (χ0n) is 15.8. The largest absolute Gasteiger partial charge is 0.467 e. The van der Waals surface area contributed by atoms with Gasteiger partial charge in [0.1, 0.15) is 6.04 Å². The third-order valence-corrected chi connectivity index (χ3v) is 4.91. The SMILES string of the molecule is COC(=O)[C@H]1Cc2ccccc2CN1C(=O)COC(=O)/C=C/c1ccc(Cl)cc1. The molecule has 0 saturated heterocycles. The molecule has 2 aromatic rings. The molecule has 0 fully saturated rings. The fraction of sp³-hybridized carbons (Fsp3) is 0.227. The van der Waals surface area contributed by atoms with Gasteiger partial charge in [0.2, 0.25) is 0 Å². The van der Waals surface area contributed by atoms with E-state index in [9.17, 15) is 14.4 Å². The van der Waals surface area contributed by atoms with Crippen LogP contribution in [0.3, 0.4) is 0 Å². The predicted octanol–water partition coefficient (Wildman–Crippen LogP) is 3.02. The summed E-state index contributed by atoms with van der Waals surface area (Å²) in [4.78, 5) is 38.2. The summed E-state index contributed by atoms with van der Waals surface area (Å²) in [6.45, 7) is -0.202. The molecule has 0 spiro atoms. The Morgan fingerprint density at radius 2 is 1.79 bits per heavy atom. The highest BCUT2D eigenvalue weighted by molar-refractivity contribution is 6.30. The molecule has 0 unspecified atom stereocenters. The van der Waals surface area contributed by atoms with Gasteiger partial charge in [0.05, 0.1) is 7.11 Å². The topological polar surface area (TPSA) is 72.9 Å². The summed E-state index contributed by atoms with van der Waals surface area (Å²) in [7, 11) is 1.28. The van der Waals surface area contributed by atoms with E-state index >= 15 is 0 Å². The Morgan fingerprint density at radius 3 is 2.48 bits per heavy atom. The van der Waals surface area contributed by atoms with Gasteiger partial charge in [-0.2, -0.15) is 0 Å². The van der Waals surface area contributed by atoms with Crippen molar-refractivity contribution in [2.45, 2.75) is 19.0 Å². The lowest BCUT2D eigenvalue weighted by atomic mass is 9.94. The third kappa shape index (κ3) is 5.23. The zero-order valence-corrected chi connectivity index (χ0v) is 16.6. The predicted molar refractivity (Wildman–Crippen MR) is 108 cm³/mol. The molecule has 0 aromatic heterocycles. The molecule has 0 saturated carbocycles. The summed E-state index contributed by atoms with van der Waals surface area (Å²) in [5.41, 5.74) is 2.72. The van der Waals surface area contributed by atoms with Gasteiger partial charge in [-0.1, -0.05) is 48.0 Å². The number of esters is 2. The average molecular weight is 414 g/mol. The second kappa shape index (κ2) is 9.39. The van der Waals surface area contributed by atoms with Crippen molar-refractivity contribution < 1.29 is 23.9 Å². The van der Waals surface area contributed by atoms with Crippen molar-refractivity contribution >= 4 is 35.5 Å². The summed E-state index contributed by atoms with van der Waals surface area (Å²) in [5, 5.41) is 0.596. The van der Waals surface area contributed by atoms with Crippen molar-refractivity contribution in [3.63, 3.8) is 0 Å². The second-order valence-electron chi connectivity index (χ2n) is 6.53. The van der Waals surface area contributed by atoms with Crippen LogP contribution in [0.4, 0.5) is 0 Å². The molecule has 1 heterocycles. The zero-order chi connectivity index (χ0) is 20.8. The minimum Gasteiger partial charge on any atom is -0.467 e. The number of hydrogen-bond acceptors (Lipinski definition) is 5. The van der Waals surface area contributed by atoms with Gasteiger partial charge in [0.25, 0.3) is 5.91 Å². The first-order valence-corrected chi connectivity index (χ1v) is 9.40. The summed E-state index contributed by atoms with van der Waals surface area (Å²) in [5.74, 6) is -1.61. The van der Waals surface area contributed by atoms with Crippen molar-refractivity contribution in [1.29, 1.82) is 0 Å². The molecule has 0 aliphatic carbocycles. The second-order valence-corrected chi connectivity index (χ2v) is 6.96. The van der Waals surface area contributed by atoms with Crippen LogP contribution in [-0.2, 0) is 36.8 Å². The van der Waals surface area contributed by atoms with Crippen LogP contribution in [0.15, 0.2) is 54.6 Å². The van der Waals surface area contributed by atoms with Crippen LogP contribution in [0.1, 0.15) is 16.7 Å². The van der Waals surface area contributed by atoms with Crippen LogP contribution in [0.5, 0.6) is 0 Å². The molecule has 2 aromatic carbocycles. The number of carbonyl (C=O) groups excluding carboxylic acids is 3. The number of hydrogen-bond donors (Lipinski definition) is 0. The number of ether oxygens (including phenoxy) is 2. The molecule has 3 rings (SSSR count). The first-order chi connectivity index (χ1) is 14.0. The summed E-state index contributed by atoms with van der Waals surface area (Å²) < 4.78 is 9.90. The van der Waals surface area contributed by atoms with E-state index in [-0.39, 0.29) is 6.54 Å². The fourth-order valence-corrected chi connectivity index (χ4v) is 3.26. The molecular weight excluding hydrogens is 394 g/mol. The van der Waals surface area contributed by atoms with Gasteiger partial charge in [0, 0.05) is 24.1 Å². The molecule has 1 atom stereocenters. The highest BCUT2D eigenvalue weighted by Gasteiger charge is 2.35. The number of rotatable bonds is 5. The standard InChI is InChI=1S/C22H20ClNO5/c1-28-22(27)19-12-16-4-2-3-5-17(16)13-24(19)20(25)14-29-21(26)11-8-15-6-9-18(23)10-7-15/h2-11,19H,12-14H2,1H3/b11-8+/t19-/m1/s1. The third-order valence-electron chi connectivity index (χ3n) is 4.66. The quantitative estimate of drug-likeness (QED) is 0.556. The van der Waals surface area contributed by atoms with Crippen LogP contribution in [-0.4, -0.2) is 42.5 Å². The van der Waals surface area contributed by atoms with Crippen molar-refractivity contribution in [3.8, 4) is 0 Å². The highest BCUT2D eigenvalue weighted by Crippen LogP contribution is 2.24. The van der Waals surface area contributed by atoms with E-state index in [4.69, 9.17) is 21.1 Å². The van der Waals surface area contributed by atoms with Gasteiger partial charge in [-0.05, 0) is 34.9 Å². The van der Waals surface area contributed by atoms with Crippen LogP contribution >= 0.6 is 11.6 Å².